The molecule has 0 saturated heterocycles. The molecule has 0 spiro atoms. The average Bonchev–Trinajstić information content (AvgIpc) is 3.22. The van der Waals surface area contributed by atoms with Gasteiger partial charge in [-0.25, -0.2) is 0 Å². The van der Waals surface area contributed by atoms with Crippen LogP contribution in [0.5, 0.6) is 0 Å². The fraction of sp³-hybridized carbons (Fsp3) is 0.227. The van der Waals surface area contributed by atoms with Gasteiger partial charge in [-0.3, -0.25) is 4.79 Å². The summed E-state index contributed by atoms with van der Waals surface area (Å²) in [6, 6.07) is 15.6. The van der Waals surface area contributed by atoms with Gasteiger partial charge >= 0.3 is 0 Å². The normalized spacial score (nSPS) is 10.8. The van der Waals surface area contributed by atoms with Gasteiger partial charge in [-0.05, 0) is 42.2 Å². The number of para-hydroxylation sites is 1. The summed E-state index contributed by atoms with van der Waals surface area (Å²) in [4.78, 5) is 17.4. The third kappa shape index (κ3) is 6.15. The molecule has 1 aromatic carbocycles. The maximum atomic E-state index is 12.8. The summed E-state index contributed by atoms with van der Waals surface area (Å²) in [5, 5.41) is 10.9. The predicted molar refractivity (Wildman–Crippen MR) is 121 cm³/mol. The number of carbonyl (C=O) groups excluding carboxylic acids is 1. The van der Waals surface area contributed by atoms with Gasteiger partial charge in [0.2, 0.25) is 5.91 Å². The lowest BCUT2D eigenvalue weighted by molar-refractivity contribution is -0.118. The van der Waals surface area contributed by atoms with E-state index in [2.05, 4.69) is 18.7 Å². The Morgan fingerprint density at radius 1 is 1.25 bits per heavy atom. The lowest BCUT2D eigenvalue weighted by atomic mass is 10.2. The summed E-state index contributed by atoms with van der Waals surface area (Å²) in [6.45, 7) is 6.93. The minimum atomic E-state index is -0.0454. The number of amides is 1. The van der Waals surface area contributed by atoms with Crippen LogP contribution in [0.15, 0.2) is 65.7 Å². The van der Waals surface area contributed by atoms with Crippen LogP contribution in [0.4, 0.5) is 5.69 Å². The first kappa shape index (κ1) is 21.5. The zero-order valence-corrected chi connectivity index (χ0v) is 17.5. The van der Waals surface area contributed by atoms with Crippen LogP contribution in [0.3, 0.4) is 0 Å². The van der Waals surface area contributed by atoms with Gasteiger partial charge in [0.25, 0.3) is 0 Å². The lowest BCUT2D eigenvalue weighted by Crippen LogP contribution is -2.34. The molecule has 0 atom stereocenters. The standard InChI is InChI=1S/C22H23N3OS2/c1-18(16-21-10-6-15-28-21)19(2)24(17-27)14-11-22(26)25(13-7-12-23)20-8-4-3-5-9-20/h3-6,8-10,15-17H,2,7,11,13-14H2,1H3/b18-16-. The van der Waals surface area contributed by atoms with Crippen molar-refractivity contribution in [2.24, 2.45) is 0 Å². The molecule has 0 fully saturated rings. The van der Waals surface area contributed by atoms with Gasteiger partial charge in [0.05, 0.1) is 18.0 Å². The number of hydrogen-bond acceptors (Lipinski definition) is 4. The molecule has 0 radical (unpaired) electrons. The Hall–Kier alpha value is -2.75. The Morgan fingerprint density at radius 2 is 2.00 bits per heavy atom. The number of allylic oxidation sites excluding steroid dienone is 1. The Kier molecular flexibility index (Phi) is 8.60. The molecule has 0 unspecified atom stereocenters. The quantitative estimate of drug-likeness (QED) is 0.397. The molecular formula is C22H23N3OS2. The Bertz CT molecular complexity index is 867. The molecule has 1 aromatic heterocycles. The molecule has 1 heterocycles. The van der Waals surface area contributed by atoms with Crippen molar-refractivity contribution in [2.45, 2.75) is 19.8 Å². The molecule has 2 rings (SSSR count). The summed E-state index contributed by atoms with van der Waals surface area (Å²) in [5.41, 5.74) is 4.10. The number of carbonyl (C=O) groups is 1. The minimum Gasteiger partial charge on any atom is -0.338 e. The van der Waals surface area contributed by atoms with Crippen LogP contribution in [0.25, 0.3) is 6.08 Å². The number of rotatable bonds is 10. The second-order valence-electron chi connectivity index (χ2n) is 6.13. The van der Waals surface area contributed by atoms with Gasteiger partial charge in [-0.15, -0.1) is 11.3 Å². The maximum absolute atomic E-state index is 12.8. The fourth-order valence-electron chi connectivity index (χ4n) is 2.67. The fourth-order valence-corrected chi connectivity index (χ4v) is 3.62. The molecule has 0 bridgehead atoms. The summed E-state index contributed by atoms with van der Waals surface area (Å²) in [5.74, 6) is -0.0454. The highest BCUT2D eigenvalue weighted by Crippen LogP contribution is 2.20. The monoisotopic (exact) mass is 409 g/mol. The molecule has 2 aromatic rings. The topological polar surface area (TPSA) is 47.3 Å². The van der Waals surface area contributed by atoms with Crippen molar-refractivity contribution in [1.29, 1.82) is 5.26 Å². The van der Waals surface area contributed by atoms with E-state index in [-0.39, 0.29) is 18.7 Å². The van der Waals surface area contributed by atoms with Crippen LogP contribution in [0.1, 0.15) is 24.6 Å². The van der Waals surface area contributed by atoms with Crippen LogP contribution in [-0.2, 0) is 4.79 Å². The molecule has 0 aliphatic rings. The summed E-state index contributed by atoms with van der Waals surface area (Å²) >= 11 is 6.80. The van der Waals surface area contributed by atoms with Crippen molar-refractivity contribution >= 4 is 46.7 Å². The molecule has 0 saturated carbocycles. The number of anilines is 1. The van der Waals surface area contributed by atoms with Gasteiger partial charge in [0.1, 0.15) is 0 Å². The molecule has 28 heavy (non-hydrogen) atoms. The first-order valence-corrected chi connectivity index (χ1v) is 10.3. The van der Waals surface area contributed by atoms with Gasteiger partial charge < -0.3 is 9.80 Å². The number of thiophene rings is 1. The van der Waals surface area contributed by atoms with Gasteiger partial charge in [-0.2, -0.15) is 5.26 Å². The average molecular weight is 410 g/mol. The van der Waals surface area contributed by atoms with Gasteiger partial charge in [-0.1, -0.05) is 43.1 Å². The second kappa shape index (κ2) is 11.2. The molecule has 0 aliphatic carbocycles. The van der Waals surface area contributed by atoms with Crippen molar-refractivity contribution in [2.75, 3.05) is 18.0 Å². The van der Waals surface area contributed by atoms with E-state index in [9.17, 15) is 4.79 Å². The summed E-state index contributed by atoms with van der Waals surface area (Å²) in [7, 11) is 0. The molecular weight excluding hydrogens is 386 g/mol. The number of nitrogens with zero attached hydrogens (tertiary/aromatic N) is 3. The van der Waals surface area contributed by atoms with E-state index in [1.807, 2.05) is 59.7 Å². The first-order chi connectivity index (χ1) is 13.6. The second-order valence-corrected chi connectivity index (χ2v) is 7.32. The van der Waals surface area contributed by atoms with Crippen LogP contribution >= 0.6 is 23.6 Å². The number of thiocarbonyl (C=S) groups is 1. The molecule has 1 amide bonds. The van der Waals surface area contributed by atoms with Crippen LogP contribution < -0.4 is 4.90 Å². The number of benzene rings is 1. The largest absolute Gasteiger partial charge is 0.338 e. The number of nitriles is 1. The summed E-state index contributed by atoms with van der Waals surface area (Å²) < 4.78 is 0. The van der Waals surface area contributed by atoms with Crippen molar-refractivity contribution in [3.63, 3.8) is 0 Å². The van der Waals surface area contributed by atoms with E-state index in [1.165, 1.54) is 5.49 Å². The molecule has 6 heteroatoms. The highest BCUT2D eigenvalue weighted by molar-refractivity contribution is 7.78. The van der Waals surface area contributed by atoms with Crippen LogP contribution in [0.2, 0.25) is 0 Å². The van der Waals surface area contributed by atoms with E-state index in [4.69, 9.17) is 17.5 Å². The minimum absolute atomic E-state index is 0.0454. The molecule has 0 aliphatic heterocycles. The van der Waals surface area contributed by atoms with E-state index >= 15 is 0 Å². The molecule has 4 nitrogen and oxygen atoms in total. The SMILES string of the molecule is C=C(/C(C)=C\c1cccs1)N(C=S)CCC(=O)N(CCC#N)c1ccccc1. The van der Waals surface area contributed by atoms with Crippen molar-refractivity contribution in [3.8, 4) is 6.07 Å². The van der Waals surface area contributed by atoms with E-state index in [0.29, 0.717) is 13.1 Å². The Labute approximate surface area is 176 Å². The Balaban J connectivity index is 2.04. The summed E-state index contributed by atoms with van der Waals surface area (Å²) in [6.07, 6.45) is 2.62. The maximum Gasteiger partial charge on any atom is 0.228 e. The zero-order valence-electron chi connectivity index (χ0n) is 15.9. The van der Waals surface area contributed by atoms with Crippen molar-refractivity contribution < 1.29 is 4.79 Å². The molecule has 144 valence electrons. The van der Waals surface area contributed by atoms with E-state index in [1.54, 1.807) is 16.2 Å². The smallest absolute Gasteiger partial charge is 0.228 e. The van der Waals surface area contributed by atoms with Crippen molar-refractivity contribution in [3.05, 3.63) is 70.6 Å². The third-order valence-corrected chi connectivity index (χ3v) is 5.29. The number of hydrogen-bond donors (Lipinski definition) is 0. The highest BCUT2D eigenvalue weighted by atomic mass is 32.1. The van der Waals surface area contributed by atoms with Crippen LogP contribution in [0, 0.1) is 11.3 Å². The van der Waals surface area contributed by atoms with E-state index in [0.717, 1.165) is 21.8 Å². The third-order valence-electron chi connectivity index (χ3n) is 4.21. The van der Waals surface area contributed by atoms with E-state index < -0.39 is 0 Å². The highest BCUT2D eigenvalue weighted by Gasteiger charge is 2.17. The zero-order chi connectivity index (χ0) is 20.4. The predicted octanol–water partition coefficient (Wildman–Crippen LogP) is 5.26. The lowest BCUT2D eigenvalue weighted by Gasteiger charge is -2.25. The Morgan fingerprint density at radius 3 is 2.61 bits per heavy atom. The van der Waals surface area contributed by atoms with Gasteiger partial charge in [0.15, 0.2) is 0 Å². The van der Waals surface area contributed by atoms with Crippen LogP contribution in [-0.4, -0.2) is 29.4 Å². The van der Waals surface area contributed by atoms with Crippen molar-refractivity contribution in [1.82, 2.24) is 4.90 Å². The first-order valence-electron chi connectivity index (χ1n) is 8.92. The van der Waals surface area contributed by atoms with Gasteiger partial charge in [0, 0.05) is 35.8 Å². The molecule has 0 N–H and O–H groups in total.